The maximum Gasteiger partial charge on any atom is 0.305 e. The van der Waals surface area contributed by atoms with Crippen molar-refractivity contribution in [3.05, 3.63) is 0 Å². The standard InChI is InChI=1S/C8H16N2O3/c1-5(2)6(3-8(12)13)10-7(11)4-9/h5-6H,3-4,9H2,1-2H3,(H,10,11)(H,12,13). The van der Waals surface area contributed by atoms with Crippen molar-refractivity contribution in [2.45, 2.75) is 26.3 Å². The van der Waals surface area contributed by atoms with Crippen LogP contribution >= 0.6 is 0 Å². The van der Waals surface area contributed by atoms with Crippen molar-refractivity contribution in [2.24, 2.45) is 11.7 Å². The molecule has 4 N–H and O–H groups in total. The number of carboxylic acid groups (broad SMARTS) is 1. The number of aliphatic carboxylic acids is 1. The first-order chi connectivity index (χ1) is 5.97. The van der Waals surface area contributed by atoms with Crippen LogP contribution in [0.2, 0.25) is 0 Å². The van der Waals surface area contributed by atoms with Gasteiger partial charge in [0.1, 0.15) is 0 Å². The lowest BCUT2D eigenvalue weighted by atomic mass is 10.0. The lowest BCUT2D eigenvalue weighted by molar-refractivity contribution is -0.138. The van der Waals surface area contributed by atoms with Crippen molar-refractivity contribution < 1.29 is 14.7 Å². The highest BCUT2D eigenvalue weighted by atomic mass is 16.4. The lowest BCUT2D eigenvalue weighted by Gasteiger charge is -2.19. The minimum Gasteiger partial charge on any atom is -0.481 e. The summed E-state index contributed by atoms with van der Waals surface area (Å²) in [4.78, 5) is 21.3. The second-order valence-corrected chi connectivity index (χ2v) is 3.22. The number of carboxylic acids is 1. The number of nitrogens with two attached hydrogens (primary N) is 1. The molecular weight excluding hydrogens is 172 g/mol. The molecule has 0 saturated carbocycles. The molecule has 13 heavy (non-hydrogen) atoms. The molecule has 0 heterocycles. The van der Waals surface area contributed by atoms with Crippen LogP contribution in [-0.2, 0) is 9.59 Å². The second-order valence-electron chi connectivity index (χ2n) is 3.22. The Morgan fingerprint density at radius 1 is 1.46 bits per heavy atom. The molecular formula is C8H16N2O3. The van der Waals surface area contributed by atoms with Crippen LogP contribution in [0.5, 0.6) is 0 Å². The summed E-state index contributed by atoms with van der Waals surface area (Å²) in [5.41, 5.74) is 5.09. The van der Waals surface area contributed by atoms with E-state index in [-0.39, 0.29) is 30.8 Å². The van der Waals surface area contributed by atoms with Crippen molar-refractivity contribution >= 4 is 11.9 Å². The Morgan fingerprint density at radius 3 is 2.31 bits per heavy atom. The minimum absolute atomic E-state index is 0.0661. The maximum absolute atomic E-state index is 10.9. The molecule has 0 aromatic heterocycles. The van der Waals surface area contributed by atoms with E-state index in [4.69, 9.17) is 10.8 Å². The summed E-state index contributed by atoms with van der Waals surface area (Å²) < 4.78 is 0. The molecule has 76 valence electrons. The molecule has 0 aromatic rings. The fourth-order valence-corrected chi connectivity index (χ4v) is 0.907. The normalized spacial score (nSPS) is 12.6. The Balaban J connectivity index is 4.09. The highest BCUT2D eigenvalue weighted by Gasteiger charge is 2.18. The van der Waals surface area contributed by atoms with E-state index >= 15 is 0 Å². The molecule has 0 aliphatic rings. The molecule has 0 saturated heterocycles. The van der Waals surface area contributed by atoms with Gasteiger partial charge in [-0.1, -0.05) is 13.8 Å². The summed E-state index contributed by atoms with van der Waals surface area (Å²) in [5.74, 6) is -1.15. The van der Waals surface area contributed by atoms with Gasteiger partial charge in [0.05, 0.1) is 13.0 Å². The highest BCUT2D eigenvalue weighted by molar-refractivity contribution is 5.79. The molecule has 0 aliphatic carbocycles. The molecule has 1 unspecified atom stereocenters. The number of nitrogens with one attached hydrogen (secondary N) is 1. The van der Waals surface area contributed by atoms with Crippen LogP contribution < -0.4 is 11.1 Å². The molecule has 0 aromatic carbocycles. The summed E-state index contributed by atoms with van der Waals surface area (Å²) in [7, 11) is 0. The van der Waals surface area contributed by atoms with Gasteiger partial charge >= 0.3 is 5.97 Å². The predicted octanol–water partition coefficient (Wildman–Crippen LogP) is -0.439. The van der Waals surface area contributed by atoms with Crippen LogP contribution in [0.4, 0.5) is 0 Å². The Bertz CT molecular complexity index is 192. The Labute approximate surface area is 77.3 Å². The van der Waals surface area contributed by atoms with Gasteiger partial charge < -0.3 is 16.2 Å². The zero-order valence-electron chi connectivity index (χ0n) is 7.91. The van der Waals surface area contributed by atoms with Crippen molar-refractivity contribution in [3.63, 3.8) is 0 Å². The number of carbonyl (C=O) groups excluding carboxylic acids is 1. The Morgan fingerprint density at radius 2 is 2.00 bits per heavy atom. The van der Waals surface area contributed by atoms with Gasteiger partial charge in [-0.05, 0) is 5.92 Å². The SMILES string of the molecule is CC(C)C(CC(=O)O)NC(=O)CN. The van der Waals surface area contributed by atoms with Gasteiger partial charge in [-0.25, -0.2) is 0 Å². The largest absolute Gasteiger partial charge is 0.481 e. The van der Waals surface area contributed by atoms with Crippen molar-refractivity contribution in [1.82, 2.24) is 5.32 Å². The van der Waals surface area contributed by atoms with E-state index in [0.29, 0.717) is 0 Å². The third kappa shape index (κ3) is 5.19. The monoisotopic (exact) mass is 188 g/mol. The van der Waals surface area contributed by atoms with E-state index in [9.17, 15) is 9.59 Å². The van der Waals surface area contributed by atoms with Crippen LogP contribution in [0.25, 0.3) is 0 Å². The summed E-state index contributed by atoms with van der Waals surface area (Å²) in [6.45, 7) is 3.59. The van der Waals surface area contributed by atoms with Gasteiger partial charge in [0.25, 0.3) is 0 Å². The number of amides is 1. The zero-order chi connectivity index (χ0) is 10.4. The molecule has 0 radical (unpaired) electrons. The fraction of sp³-hybridized carbons (Fsp3) is 0.750. The van der Waals surface area contributed by atoms with E-state index in [1.807, 2.05) is 13.8 Å². The first-order valence-electron chi connectivity index (χ1n) is 4.18. The lowest BCUT2D eigenvalue weighted by Crippen LogP contribution is -2.42. The summed E-state index contributed by atoms with van der Waals surface area (Å²) in [6, 6.07) is -0.339. The summed E-state index contributed by atoms with van der Waals surface area (Å²) in [5, 5.41) is 11.1. The highest BCUT2D eigenvalue weighted by Crippen LogP contribution is 2.05. The number of rotatable bonds is 5. The van der Waals surface area contributed by atoms with Crippen molar-refractivity contribution in [1.29, 1.82) is 0 Å². The van der Waals surface area contributed by atoms with Gasteiger partial charge in [-0.2, -0.15) is 0 Å². The molecule has 0 rings (SSSR count). The second kappa shape index (κ2) is 5.53. The fourth-order valence-electron chi connectivity index (χ4n) is 0.907. The molecule has 0 spiro atoms. The van der Waals surface area contributed by atoms with Crippen LogP contribution in [0.1, 0.15) is 20.3 Å². The number of hydrogen-bond acceptors (Lipinski definition) is 3. The molecule has 0 fully saturated rings. The number of carbonyl (C=O) groups is 2. The first kappa shape index (κ1) is 11.9. The Hall–Kier alpha value is -1.10. The molecule has 5 nitrogen and oxygen atoms in total. The van der Waals surface area contributed by atoms with E-state index in [0.717, 1.165) is 0 Å². The van der Waals surface area contributed by atoms with Crippen LogP contribution in [0.3, 0.4) is 0 Å². The molecule has 0 bridgehead atoms. The van der Waals surface area contributed by atoms with E-state index in [1.165, 1.54) is 0 Å². The van der Waals surface area contributed by atoms with Crippen molar-refractivity contribution in [3.8, 4) is 0 Å². The van der Waals surface area contributed by atoms with E-state index in [2.05, 4.69) is 5.32 Å². The van der Waals surface area contributed by atoms with Gasteiger partial charge in [0.15, 0.2) is 0 Å². The van der Waals surface area contributed by atoms with Crippen LogP contribution in [-0.4, -0.2) is 29.6 Å². The van der Waals surface area contributed by atoms with Gasteiger partial charge in [-0.3, -0.25) is 9.59 Å². The van der Waals surface area contributed by atoms with E-state index in [1.54, 1.807) is 0 Å². The predicted molar refractivity (Wildman–Crippen MR) is 48.1 cm³/mol. The summed E-state index contributed by atoms with van der Waals surface area (Å²) >= 11 is 0. The smallest absolute Gasteiger partial charge is 0.305 e. The van der Waals surface area contributed by atoms with E-state index < -0.39 is 5.97 Å². The average Bonchev–Trinajstić information content (AvgIpc) is 2.02. The zero-order valence-corrected chi connectivity index (χ0v) is 7.91. The molecule has 1 atom stereocenters. The molecule has 0 aliphatic heterocycles. The molecule has 5 heteroatoms. The number of hydrogen-bond donors (Lipinski definition) is 3. The van der Waals surface area contributed by atoms with Gasteiger partial charge in [-0.15, -0.1) is 0 Å². The third-order valence-electron chi connectivity index (χ3n) is 1.73. The first-order valence-corrected chi connectivity index (χ1v) is 4.18. The Kier molecular flexibility index (Phi) is 5.06. The van der Waals surface area contributed by atoms with Gasteiger partial charge in [0.2, 0.25) is 5.91 Å². The van der Waals surface area contributed by atoms with Crippen LogP contribution in [0, 0.1) is 5.92 Å². The van der Waals surface area contributed by atoms with Gasteiger partial charge in [0, 0.05) is 6.04 Å². The summed E-state index contributed by atoms with van der Waals surface area (Å²) in [6.07, 6.45) is -0.0661. The topological polar surface area (TPSA) is 92.4 Å². The average molecular weight is 188 g/mol. The third-order valence-corrected chi connectivity index (χ3v) is 1.73. The minimum atomic E-state index is -0.920. The van der Waals surface area contributed by atoms with Crippen molar-refractivity contribution in [2.75, 3.05) is 6.54 Å². The molecule has 1 amide bonds. The maximum atomic E-state index is 10.9. The quantitative estimate of drug-likeness (QED) is 0.545. The van der Waals surface area contributed by atoms with Crippen LogP contribution in [0.15, 0.2) is 0 Å².